The Kier molecular flexibility index (Phi) is 7.68. The van der Waals surface area contributed by atoms with Crippen molar-refractivity contribution in [1.29, 1.82) is 0 Å². The predicted octanol–water partition coefficient (Wildman–Crippen LogP) is 2.79. The number of methoxy groups -OCH3 is 2. The number of ketones is 1. The van der Waals surface area contributed by atoms with Gasteiger partial charge in [-0.25, -0.2) is 0 Å². The van der Waals surface area contributed by atoms with Gasteiger partial charge in [-0.05, 0) is 50.8 Å². The molecule has 2 N–H and O–H groups in total. The number of benzene rings is 2. The van der Waals surface area contributed by atoms with Crippen LogP contribution in [0.2, 0.25) is 0 Å². The van der Waals surface area contributed by atoms with E-state index in [1.807, 2.05) is 19.0 Å². The molecule has 34 heavy (non-hydrogen) atoms. The van der Waals surface area contributed by atoms with Gasteiger partial charge >= 0.3 is 0 Å². The Balaban J connectivity index is 2.27. The zero-order valence-corrected chi connectivity index (χ0v) is 20.0. The van der Waals surface area contributed by atoms with Crippen LogP contribution in [0.4, 0.5) is 0 Å². The highest BCUT2D eigenvalue weighted by Crippen LogP contribution is 2.44. The molecule has 1 fully saturated rings. The molecule has 2 aromatic rings. The quantitative estimate of drug-likeness (QED) is 0.327. The summed E-state index contributed by atoms with van der Waals surface area (Å²) in [5.74, 6) is -1.23. The van der Waals surface area contributed by atoms with Crippen LogP contribution in [0.15, 0.2) is 42.0 Å². The first-order chi connectivity index (χ1) is 16.2. The summed E-state index contributed by atoms with van der Waals surface area (Å²) in [6.07, 6.45) is 0. The second kappa shape index (κ2) is 10.5. The van der Waals surface area contributed by atoms with E-state index in [0.29, 0.717) is 18.7 Å². The van der Waals surface area contributed by atoms with Crippen LogP contribution in [-0.2, 0) is 9.59 Å². The average Bonchev–Trinajstić information content (AvgIpc) is 3.08. The smallest absolute Gasteiger partial charge is 0.295 e. The van der Waals surface area contributed by atoms with E-state index in [9.17, 15) is 19.8 Å². The summed E-state index contributed by atoms with van der Waals surface area (Å²) in [5, 5.41) is 21.6. The van der Waals surface area contributed by atoms with Crippen LogP contribution in [-0.4, -0.2) is 79.7 Å². The van der Waals surface area contributed by atoms with Gasteiger partial charge in [0, 0.05) is 13.1 Å². The van der Waals surface area contributed by atoms with Crippen molar-refractivity contribution in [3.05, 3.63) is 53.1 Å². The first-order valence-electron chi connectivity index (χ1n) is 10.8. The molecule has 1 aliphatic heterocycles. The number of carbonyl (C=O) groups excluding carboxylic acids is 2. The SMILES string of the molecule is CCOc1cc(C2/C(=C(\O)c3c(OC)cccc3OC)C(=O)C(=O)N2CCN(C)C)ccc1O. The molecule has 1 atom stereocenters. The number of amides is 1. The van der Waals surface area contributed by atoms with E-state index in [4.69, 9.17) is 14.2 Å². The van der Waals surface area contributed by atoms with E-state index in [0.717, 1.165) is 0 Å². The van der Waals surface area contributed by atoms with Crippen molar-refractivity contribution in [3.63, 3.8) is 0 Å². The first-order valence-corrected chi connectivity index (χ1v) is 10.8. The third kappa shape index (κ3) is 4.65. The lowest BCUT2D eigenvalue weighted by Gasteiger charge is -2.27. The molecule has 0 spiro atoms. The standard InChI is InChI=1S/C25H30N2O7/c1-6-34-19-14-15(10-11-16(19)28)22-21(24(30)25(31)27(22)13-12-26(2)3)23(29)20-17(32-4)8-7-9-18(20)33-5/h7-11,14,22,28-29H,6,12-13H2,1-5H3/b23-21+. The Hall–Kier alpha value is -3.72. The Bertz CT molecular complexity index is 1090. The summed E-state index contributed by atoms with van der Waals surface area (Å²) < 4.78 is 16.3. The number of rotatable bonds is 9. The average molecular weight is 471 g/mol. The summed E-state index contributed by atoms with van der Waals surface area (Å²) in [6.45, 7) is 2.84. The fraction of sp³-hybridized carbons (Fsp3) is 0.360. The minimum Gasteiger partial charge on any atom is -0.506 e. The number of phenolic OH excluding ortho intramolecular Hbond substituents is 1. The number of aliphatic hydroxyl groups is 1. The van der Waals surface area contributed by atoms with Gasteiger partial charge in [0.1, 0.15) is 22.8 Å². The lowest BCUT2D eigenvalue weighted by atomic mass is 9.94. The number of Topliss-reactive ketones (excluding diaryl/α,β-unsaturated/α-hetero) is 1. The largest absolute Gasteiger partial charge is 0.506 e. The zero-order chi connectivity index (χ0) is 25.0. The third-order valence-corrected chi connectivity index (χ3v) is 5.59. The van der Waals surface area contributed by atoms with Crippen LogP contribution in [0.25, 0.3) is 5.76 Å². The number of ether oxygens (including phenoxy) is 3. The third-order valence-electron chi connectivity index (χ3n) is 5.59. The Morgan fingerprint density at radius 2 is 1.71 bits per heavy atom. The van der Waals surface area contributed by atoms with Crippen molar-refractivity contribution >= 4 is 17.4 Å². The highest BCUT2D eigenvalue weighted by atomic mass is 16.5. The summed E-state index contributed by atoms with van der Waals surface area (Å²) in [6, 6.07) is 8.65. The van der Waals surface area contributed by atoms with Crippen LogP contribution in [0, 0.1) is 0 Å². The molecule has 0 radical (unpaired) electrons. The lowest BCUT2D eigenvalue weighted by molar-refractivity contribution is -0.140. The molecule has 1 saturated heterocycles. The number of likely N-dealkylation sites (N-methyl/N-ethyl adjacent to an activating group) is 1. The summed E-state index contributed by atoms with van der Waals surface area (Å²) in [5.41, 5.74) is 0.584. The predicted molar refractivity (Wildman–Crippen MR) is 126 cm³/mol. The van der Waals surface area contributed by atoms with Gasteiger partial charge in [-0.2, -0.15) is 0 Å². The normalized spacial score (nSPS) is 17.4. The zero-order valence-electron chi connectivity index (χ0n) is 20.0. The molecule has 9 nitrogen and oxygen atoms in total. The molecule has 1 heterocycles. The maximum absolute atomic E-state index is 13.3. The van der Waals surface area contributed by atoms with E-state index < -0.39 is 23.5 Å². The molecule has 1 aliphatic rings. The molecule has 0 aromatic heterocycles. The number of carbonyl (C=O) groups is 2. The lowest BCUT2D eigenvalue weighted by Crippen LogP contribution is -2.35. The highest BCUT2D eigenvalue weighted by Gasteiger charge is 2.46. The van der Waals surface area contributed by atoms with Gasteiger partial charge in [-0.15, -0.1) is 0 Å². The van der Waals surface area contributed by atoms with Crippen molar-refractivity contribution in [3.8, 4) is 23.0 Å². The maximum atomic E-state index is 13.3. The Morgan fingerprint density at radius 1 is 1.06 bits per heavy atom. The number of nitrogens with zero attached hydrogens (tertiary/aromatic N) is 2. The fourth-order valence-corrected chi connectivity index (χ4v) is 3.96. The van der Waals surface area contributed by atoms with Crippen LogP contribution in [0.1, 0.15) is 24.1 Å². The summed E-state index contributed by atoms with van der Waals surface area (Å²) in [4.78, 5) is 29.7. The number of aromatic hydroxyl groups is 1. The van der Waals surface area contributed by atoms with Crippen molar-refractivity contribution < 1.29 is 34.0 Å². The van der Waals surface area contributed by atoms with Gasteiger partial charge < -0.3 is 34.2 Å². The molecule has 182 valence electrons. The van der Waals surface area contributed by atoms with Gasteiger partial charge in [0.2, 0.25) is 0 Å². The van der Waals surface area contributed by atoms with Gasteiger partial charge in [-0.1, -0.05) is 12.1 Å². The number of likely N-dealkylation sites (tertiary alicyclic amines) is 1. The number of hydrogen-bond acceptors (Lipinski definition) is 8. The molecule has 3 rings (SSSR count). The van der Waals surface area contributed by atoms with Crippen LogP contribution in [0.3, 0.4) is 0 Å². The van der Waals surface area contributed by atoms with E-state index >= 15 is 0 Å². The van der Waals surface area contributed by atoms with E-state index in [-0.39, 0.29) is 40.7 Å². The molecular weight excluding hydrogens is 440 g/mol. The van der Waals surface area contributed by atoms with Gasteiger partial charge in [0.05, 0.1) is 32.4 Å². The monoisotopic (exact) mass is 470 g/mol. The van der Waals surface area contributed by atoms with E-state index in [1.165, 1.54) is 25.2 Å². The van der Waals surface area contributed by atoms with E-state index in [2.05, 4.69) is 0 Å². The van der Waals surface area contributed by atoms with Gasteiger partial charge in [-0.3, -0.25) is 9.59 Å². The highest BCUT2D eigenvalue weighted by molar-refractivity contribution is 6.46. The fourth-order valence-electron chi connectivity index (χ4n) is 3.96. The van der Waals surface area contributed by atoms with Crippen LogP contribution >= 0.6 is 0 Å². The van der Waals surface area contributed by atoms with Crippen molar-refractivity contribution in [2.45, 2.75) is 13.0 Å². The number of hydrogen-bond donors (Lipinski definition) is 2. The molecular formula is C25H30N2O7. The topological polar surface area (TPSA) is 109 Å². The minimum atomic E-state index is -0.908. The Labute approximate surface area is 198 Å². The minimum absolute atomic E-state index is 0.0674. The van der Waals surface area contributed by atoms with Crippen molar-refractivity contribution in [2.75, 3.05) is 48.0 Å². The van der Waals surface area contributed by atoms with Crippen molar-refractivity contribution in [1.82, 2.24) is 9.80 Å². The van der Waals surface area contributed by atoms with Crippen molar-refractivity contribution in [2.24, 2.45) is 0 Å². The maximum Gasteiger partial charge on any atom is 0.295 e. The van der Waals surface area contributed by atoms with Gasteiger partial charge in [0.15, 0.2) is 11.5 Å². The molecule has 9 heteroatoms. The molecule has 1 amide bonds. The van der Waals surface area contributed by atoms with Crippen LogP contribution < -0.4 is 14.2 Å². The molecule has 0 bridgehead atoms. The van der Waals surface area contributed by atoms with Gasteiger partial charge in [0.25, 0.3) is 11.7 Å². The van der Waals surface area contributed by atoms with E-state index in [1.54, 1.807) is 37.3 Å². The second-order valence-electron chi connectivity index (χ2n) is 7.99. The summed E-state index contributed by atoms with van der Waals surface area (Å²) >= 11 is 0. The number of phenols is 1. The molecule has 1 unspecified atom stereocenters. The molecule has 0 aliphatic carbocycles. The second-order valence-corrected chi connectivity index (χ2v) is 7.99. The first kappa shape index (κ1) is 24.9. The summed E-state index contributed by atoms with van der Waals surface area (Å²) in [7, 11) is 6.60. The molecule has 0 saturated carbocycles. The molecule has 2 aromatic carbocycles. The number of aliphatic hydroxyl groups excluding tert-OH is 1. The van der Waals surface area contributed by atoms with Crippen LogP contribution in [0.5, 0.6) is 23.0 Å². The Morgan fingerprint density at radius 3 is 2.26 bits per heavy atom.